The molecule has 1 heterocycles. The standard InChI is InChI=1S/C17H18FN3O/c18-14-4-2-1-3-13(14)17(11-22)21-16-6-5-15(16)20-12-7-9-19-10-8-12/h1-4,7-10,15,17,22H,5-6,11H2,(H,19,20). The van der Waals surface area contributed by atoms with Crippen LogP contribution in [0.4, 0.5) is 10.1 Å². The van der Waals surface area contributed by atoms with E-state index >= 15 is 0 Å². The highest BCUT2D eigenvalue weighted by Crippen LogP contribution is 2.26. The third-order valence-electron chi connectivity index (χ3n) is 3.87. The predicted octanol–water partition coefficient (Wildman–Crippen LogP) is 2.97. The minimum absolute atomic E-state index is 0.142. The zero-order valence-electron chi connectivity index (χ0n) is 12.1. The van der Waals surface area contributed by atoms with E-state index in [1.807, 2.05) is 12.1 Å². The number of halogens is 1. The molecule has 3 rings (SSSR count). The molecule has 0 aliphatic heterocycles. The highest BCUT2D eigenvalue weighted by Gasteiger charge is 2.27. The summed E-state index contributed by atoms with van der Waals surface area (Å²) in [5, 5.41) is 12.9. The summed E-state index contributed by atoms with van der Waals surface area (Å²) in [6, 6.07) is 9.86. The van der Waals surface area contributed by atoms with E-state index in [9.17, 15) is 9.50 Å². The molecule has 0 spiro atoms. The number of hydrogen-bond donors (Lipinski definition) is 2. The van der Waals surface area contributed by atoms with Crippen LogP contribution in [0.3, 0.4) is 0 Å². The summed E-state index contributed by atoms with van der Waals surface area (Å²) < 4.78 is 13.8. The molecule has 0 saturated heterocycles. The zero-order chi connectivity index (χ0) is 15.4. The molecule has 4 nitrogen and oxygen atoms in total. The van der Waals surface area contributed by atoms with Crippen molar-refractivity contribution in [2.24, 2.45) is 4.99 Å². The highest BCUT2D eigenvalue weighted by molar-refractivity contribution is 5.97. The normalized spacial score (nSPS) is 20.5. The van der Waals surface area contributed by atoms with Crippen LogP contribution in [0.25, 0.3) is 0 Å². The van der Waals surface area contributed by atoms with Gasteiger partial charge < -0.3 is 10.4 Å². The minimum Gasteiger partial charge on any atom is -0.394 e. The van der Waals surface area contributed by atoms with Crippen LogP contribution in [0, 0.1) is 5.82 Å². The second-order valence-corrected chi connectivity index (χ2v) is 5.31. The monoisotopic (exact) mass is 299 g/mol. The van der Waals surface area contributed by atoms with Gasteiger partial charge in [0.2, 0.25) is 0 Å². The Bertz CT molecular complexity index is 660. The largest absolute Gasteiger partial charge is 0.394 e. The van der Waals surface area contributed by atoms with E-state index in [0.717, 1.165) is 24.2 Å². The number of nitrogens with zero attached hydrogens (tertiary/aromatic N) is 2. The molecule has 1 aromatic carbocycles. The van der Waals surface area contributed by atoms with Crippen LogP contribution in [0.2, 0.25) is 0 Å². The third-order valence-corrected chi connectivity index (χ3v) is 3.87. The molecule has 2 unspecified atom stereocenters. The van der Waals surface area contributed by atoms with E-state index in [0.29, 0.717) is 5.56 Å². The Balaban J connectivity index is 1.74. The second-order valence-electron chi connectivity index (χ2n) is 5.31. The van der Waals surface area contributed by atoms with Crippen LogP contribution < -0.4 is 5.32 Å². The van der Waals surface area contributed by atoms with E-state index < -0.39 is 6.04 Å². The molecule has 2 atom stereocenters. The number of pyridine rings is 1. The predicted molar refractivity (Wildman–Crippen MR) is 84.5 cm³/mol. The van der Waals surface area contributed by atoms with Crippen LogP contribution >= 0.6 is 0 Å². The van der Waals surface area contributed by atoms with Gasteiger partial charge in [0.1, 0.15) is 11.9 Å². The molecular weight excluding hydrogens is 281 g/mol. The smallest absolute Gasteiger partial charge is 0.128 e. The quantitative estimate of drug-likeness (QED) is 0.892. The van der Waals surface area contributed by atoms with Gasteiger partial charge in [-0.3, -0.25) is 9.98 Å². The van der Waals surface area contributed by atoms with Gasteiger partial charge in [0.15, 0.2) is 0 Å². The molecule has 1 aromatic heterocycles. The molecule has 0 bridgehead atoms. The number of aliphatic imine (C=N–C) groups is 1. The summed E-state index contributed by atoms with van der Waals surface area (Å²) in [4.78, 5) is 8.54. The van der Waals surface area contributed by atoms with Crippen LogP contribution in [0.1, 0.15) is 24.4 Å². The lowest BCUT2D eigenvalue weighted by molar-refractivity contribution is 0.265. The maximum absolute atomic E-state index is 13.8. The van der Waals surface area contributed by atoms with Gasteiger partial charge in [-0.15, -0.1) is 0 Å². The Morgan fingerprint density at radius 3 is 2.68 bits per heavy atom. The number of benzene rings is 1. The van der Waals surface area contributed by atoms with Gasteiger partial charge >= 0.3 is 0 Å². The fourth-order valence-corrected chi connectivity index (χ4v) is 2.53. The van der Waals surface area contributed by atoms with Crippen molar-refractivity contribution >= 4 is 11.4 Å². The van der Waals surface area contributed by atoms with E-state index in [2.05, 4.69) is 15.3 Å². The summed E-state index contributed by atoms with van der Waals surface area (Å²) in [7, 11) is 0. The van der Waals surface area contributed by atoms with Crippen molar-refractivity contribution in [3.63, 3.8) is 0 Å². The van der Waals surface area contributed by atoms with Gasteiger partial charge in [-0.25, -0.2) is 4.39 Å². The lowest BCUT2D eigenvalue weighted by Crippen LogP contribution is -2.39. The summed E-state index contributed by atoms with van der Waals surface area (Å²) >= 11 is 0. The van der Waals surface area contributed by atoms with E-state index in [1.165, 1.54) is 6.07 Å². The Kier molecular flexibility index (Phi) is 4.44. The van der Waals surface area contributed by atoms with E-state index in [4.69, 9.17) is 0 Å². The summed E-state index contributed by atoms with van der Waals surface area (Å²) in [6.45, 7) is -0.202. The van der Waals surface area contributed by atoms with Crippen molar-refractivity contribution in [1.82, 2.24) is 4.98 Å². The van der Waals surface area contributed by atoms with Crippen LogP contribution in [-0.2, 0) is 0 Å². The molecule has 114 valence electrons. The number of aromatic nitrogens is 1. The van der Waals surface area contributed by atoms with Crippen molar-refractivity contribution in [1.29, 1.82) is 0 Å². The lowest BCUT2D eigenvalue weighted by atomic mass is 9.89. The number of nitrogens with one attached hydrogen (secondary N) is 1. The molecule has 2 aromatic rings. The first kappa shape index (κ1) is 14.7. The Labute approximate surface area is 128 Å². The fourth-order valence-electron chi connectivity index (χ4n) is 2.53. The zero-order valence-corrected chi connectivity index (χ0v) is 12.1. The van der Waals surface area contributed by atoms with Crippen LogP contribution in [0.15, 0.2) is 53.8 Å². The second kappa shape index (κ2) is 6.66. The number of rotatable bonds is 5. The highest BCUT2D eigenvalue weighted by atomic mass is 19.1. The number of aliphatic hydroxyl groups is 1. The molecular formula is C17H18FN3O. The molecule has 2 N–H and O–H groups in total. The summed E-state index contributed by atoms with van der Waals surface area (Å²) in [6.07, 6.45) is 5.31. The maximum atomic E-state index is 13.8. The van der Waals surface area contributed by atoms with Crippen molar-refractivity contribution in [3.8, 4) is 0 Å². The summed E-state index contributed by atoms with van der Waals surface area (Å²) in [5.74, 6) is -0.330. The van der Waals surface area contributed by atoms with Gasteiger partial charge in [0.25, 0.3) is 0 Å². The first-order valence-electron chi connectivity index (χ1n) is 7.36. The molecule has 1 saturated carbocycles. The molecule has 22 heavy (non-hydrogen) atoms. The van der Waals surface area contributed by atoms with E-state index in [1.54, 1.807) is 30.6 Å². The SMILES string of the molecule is OCC(N=C1CCC1Nc1ccncc1)c1ccccc1F. The topological polar surface area (TPSA) is 57.5 Å². The van der Waals surface area contributed by atoms with Gasteiger partial charge in [-0.1, -0.05) is 18.2 Å². The number of anilines is 1. The molecule has 5 heteroatoms. The molecule has 1 aliphatic rings. The molecule has 0 radical (unpaired) electrons. The third kappa shape index (κ3) is 3.14. The summed E-state index contributed by atoms with van der Waals surface area (Å²) in [5.41, 5.74) is 2.39. The van der Waals surface area contributed by atoms with Crippen molar-refractivity contribution in [2.75, 3.05) is 11.9 Å². The van der Waals surface area contributed by atoms with Gasteiger partial charge in [0, 0.05) is 29.4 Å². The van der Waals surface area contributed by atoms with Gasteiger partial charge in [0.05, 0.1) is 12.6 Å². The average Bonchev–Trinajstić information content (AvgIpc) is 2.54. The maximum Gasteiger partial charge on any atom is 0.128 e. The molecule has 0 amide bonds. The van der Waals surface area contributed by atoms with Crippen LogP contribution in [0.5, 0.6) is 0 Å². The van der Waals surface area contributed by atoms with Crippen molar-refractivity contribution in [3.05, 3.63) is 60.2 Å². The molecule has 1 fully saturated rings. The first-order valence-corrected chi connectivity index (χ1v) is 7.36. The first-order chi connectivity index (χ1) is 10.8. The average molecular weight is 299 g/mol. The lowest BCUT2D eigenvalue weighted by Gasteiger charge is -2.31. The minimum atomic E-state index is -0.543. The Morgan fingerprint density at radius 2 is 2.05 bits per heavy atom. The Morgan fingerprint density at radius 1 is 1.27 bits per heavy atom. The molecule has 1 aliphatic carbocycles. The van der Waals surface area contributed by atoms with Gasteiger partial charge in [-0.05, 0) is 31.0 Å². The fraction of sp³-hybridized carbons (Fsp3) is 0.294. The van der Waals surface area contributed by atoms with Crippen molar-refractivity contribution < 1.29 is 9.50 Å². The number of aliphatic hydroxyl groups excluding tert-OH is 1. The van der Waals surface area contributed by atoms with E-state index in [-0.39, 0.29) is 18.5 Å². The number of hydrogen-bond acceptors (Lipinski definition) is 4. The Hall–Kier alpha value is -2.27. The van der Waals surface area contributed by atoms with Crippen molar-refractivity contribution in [2.45, 2.75) is 24.9 Å². The van der Waals surface area contributed by atoms with Gasteiger partial charge in [-0.2, -0.15) is 0 Å². The van der Waals surface area contributed by atoms with Crippen LogP contribution in [-0.4, -0.2) is 28.5 Å².